The van der Waals surface area contributed by atoms with Crippen molar-refractivity contribution in [1.29, 1.82) is 0 Å². The third-order valence-corrected chi connectivity index (χ3v) is 3.53. The summed E-state index contributed by atoms with van der Waals surface area (Å²) in [5.41, 5.74) is 3.44. The minimum absolute atomic E-state index is 0.206. The predicted octanol–water partition coefficient (Wildman–Crippen LogP) is 3.56. The molecule has 1 aromatic carbocycles. The number of nitrogens with zero attached hydrogens (tertiary/aromatic N) is 2. The Bertz CT molecular complexity index is 652. The van der Waals surface area contributed by atoms with Gasteiger partial charge in [0, 0.05) is 24.1 Å². The molecule has 116 valence electrons. The van der Waals surface area contributed by atoms with Crippen LogP contribution in [-0.4, -0.2) is 21.9 Å². The summed E-state index contributed by atoms with van der Waals surface area (Å²) >= 11 is 0. The quantitative estimate of drug-likeness (QED) is 0.885. The van der Waals surface area contributed by atoms with Crippen LogP contribution in [-0.2, 0) is 0 Å². The van der Waals surface area contributed by atoms with E-state index in [2.05, 4.69) is 34.4 Å². The summed E-state index contributed by atoms with van der Waals surface area (Å²) in [4.78, 5) is 20.6. The van der Waals surface area contributed by atoms with Gasteiger partial charge in [-0.25, -0.2) is 9.97 Å². The van der Waals surface area contributed by atoms with Gasteiger partial charge in [-0.05, 0) is 38.8 Å². The van der Waals surface area contributed by atoms with E-state index in [1.807, 2.05) is 32.0 Å². The molecule has 0 radical (unpaired) electrons. The van der Waals surface area contributed by atoms with Gasteiger partial charge in [0.1, 0.15) is 0 Å². The largest absolute Gasteiger partial charge is 0.352 e. The average molecular weight is 298 g/mol. The van der Waals surface area contributed by atoms with Crippen molar-refractivity contribution in [2.24, 2.45) is 0 Å². The summed E-state index contributed by atoms with van der Waals surface area (Å²) in [5.74, 6) is 0.333. The minimum Gasteiger partial charge on any atom is -0.352 e. The van der Waals surface area contributed by atoms with Crippen LogP contribution in [0.1, 0.15) is 41.8 Å². The minimum atomic E-state index is -0.206. The van der Waals surface area contributed by atoms with E-state index in [0.29, 0.717) is 17.6 Å². The summed E-state index contributed by atoms with van der Waals surface area (Å²) in [6, 6.07) is 6.21. The molecule has 5 heteroatoms. The molecular formula is C17H22N4O. The number of nitrogens with one attached hydrogen (secondary N) is 2. The molecule has 1 aromatic heterocycles. The zero-order valence-electron chi connectivity index (χ0n) is 13.5. The van der Waals surface area contributed by atoms with Crippen molar-refractivity contribution in [3.05, 3.63) is 47.3 Å². The van der Waals surface area contributed by atoms with Gasteiger partial charge in [-0.2, -0.15) is 0 Å². The van der Waals surface area contributed by atoms with E-state index < -0.39 is 0 Å². The molecule has 1 atom stereocenters. The van der Waals surface area contributed by atoms with Gasteiger partial charge < -0.3 is 10.6 Å². The Balaban J connectivity index is 2.06. The van der Waals surface area contributed by atoms with Gasteiger partial charge >= 0.3 is 0 Å². The molecule has 2 N–H and O–H groups in total. The summed E-state index contributed by atoms with van der Waals surface area (Å²) in [7, 11) is 0. The fourth-order valence-corrected chi connectivity index (χ4v) is 1.99. The number of aryl methyl sites for hydroxylation is 2. The second-order valence-electron chi connectivity index (χ2n) is 5.52. The van der Waals surface area contributed by atoms with Crippen molar-refractivity contribution < 1.29 is 4.79 Å². The second kappa shape index (κ2) is 7.02. The van der Waals surface area contributed by atoms with Crippen LogP contribution in [0.5, 0.6) is 0 Å². The lowest BCUT2D eigenvalue weighted by Gasteiger charge is -2.11. The summed E-state index contributed by atoms with van der Waals surface area (Å²) in [6.07, 6.45) is 4.06. The van der Waals surface area contributed by atoms with E-state index in [4.69, 9.17) is 0 Å². The summed E-state index contributed by atoms with van der Waals surface area (Å²) < 4.78 is 0. The Labute approximate surface area is 131 Å². The van der Waals surface area contributed by atoms with Gasteiger partial charge in [0.25, 0.3) is 5.91 Å². The Morgan fingerprint density at radius 1 is 1.23 bits per heavy atom. The molecule has 0 fully saturated rings. The SMILES string of the molecule is CCC(C)Nc1ncc(C(=O)Nc2ccc(C)cc2C)cn1. The van der Waals surface area contributed by atoms with Crippen LogP contribution in [0.4, 0.5) is 11.6 Å². The van der Waals surface area contributed by atoms with Crippen LogP contribution in [0.3, 0.4) is 0 Å². The number of rotatable bonds is 5. The first-order valence-electron chi connectivity index (χ1n) is 7.46. The van der Waals surface area contributed by atoms with E-state index in [0.717, 1.165) is 17.7 Å². The number of carbonyl (C=O) groups is 1. The second-order valence-corrected chi connectivity index (χ2v) is 5.52. The average Bonchev–Trinajstić information content (AvgIpc) is 2.50. The summed E-state index contributed by atoms with van der Waals surface area (Å²) in [5, 5.41) is 6.05. The van der Waals surface area contributed by atoms with E-state index in [1.54, 1.807) is 0 Å². The first-order valence-corrected chi connectivity index (χ1v) is 7.46. The standard InChI is InChI=1S/C17H22N4O/c1-5-13(4)20-17-18-9-14(10-19-17)16(22)21-15-7-6-11(2)8-12(15)3/h6-10,13H,5H2,1-4H3,(H,21,22)(H,18,19,20). The zero-order valence-corrected chi connectivity index (χ0v) is 13.5. The Kier molecular flexibility index (Phi) is 5.09. The lowest BCUT2D eigenvalue weighted by molar-refractivity contribution is 0.102. The van der Waals surface area contributed by atoms with Gasteiger partial charge in [0.15, 0.2) is 0 Å². The van der Waals surface area contributed by atoms with Crippen molar-refractivity contribution >= 4 is 17.5 Å². The van der Waals surface area contributed by atoms with Crippen molar-refractivity contribution in [2.75, 3.05) is 10.6 Å². The monoisotopic (exact) mass is 298 g/mol. The number of aromatic nitrogens is 2. The van der Waals surface area contributed by atoms with Gasteiger partial charge in [-0.3, -0.25) is 4.79 Å². The number of carbonyl (C=O) groups excluding carboxylic acids is 1. The Morgan fingerprint density at radius 2 is 1.91 bits per heavy atom. The first-order chi connectivity index (χ1) is 10.5. The normalized spacial score (nSPS) is 11.8. The van der Waals surface area contributed by atoms with Crippen LogP contribution in [0.25, 0.3) is 0 Å². The molecule has 1 heterocycles. The smallest absolute Gasteiger partial charge is 0.258 e. The number of anilines is 2. The van der Waals surface area contributed by atoms with Crippen molar-refractivity contribution in [1.82, 2.24) is 9.97 Å². The third kappa shape index (κ3) is 4.04. The van der Waals surface area contributed by atoms with Crippen LogP contribution >= 0.6 is 0 Å². The number of benzene rings is 1. The molecular weight excluding hydrogens is 276 g/mol. The molecule has 0 aliphatic heterocycles. The molecule has 2 aromatic rings. The molecule has 0 aliphatic rings. The maximum Gasteiger partial charge on any atom is 0.258 e. The van der Waals surface area contributed by atoms with E-state index >= 15 is 0 Å². The Morgan fingerprint density at radius 3 is 2.50 bits per heavy atom. The molecule has 0 spiro atoms. The van der Waals surface area contributed by atoms with Crippen LogP contribution in [0, 0.1) is 13.8 Å². The maximum absolute atomic E-state index is 12.2. The molecule has 0 aliphatic carbocycles. The topological polar surface area (TPSA) is 66.9 Å². The predicted molar refractivity (Wildman–Crippen MR) is 89.3 cm³/mol. The fourth-order valence-electron chi connectivity index (χ4n) is 1.99. The van der Waals surface area contributed by atoms with Crippen LogP contribution < -0.4 is 10.6 Å². The van der Waals surface area contributed by atoms with Crippen LogP contribution in [0.2, 0.25) is 0 Å². The van der Waals surface area contributed by atoms with E-state index in [9.17, 15) is 4.79 Å². The molecule has 0 bridgehead atoms. The molecule has 1 amide bonds. The maximum atomic E-state index is 12.2. The Hall–Kier alpha value is -2.43. The molecule has 2 rings (SSSR count). The number of hydrogen-bond donors (Lipinski definition) is 2. The highest BCUT2D eigenvalue weighted by molar-refractivity contribution is 6.04. The molecule has 0 saturated heterocycles. The third-order valence-electron chi connectivity index (χ3n) is 3.53. The van der Waals surface area contributed by atoms with Crippen LogP contribution in [0.15, 0.2) is 30.6 Å². The zero-order chi connectivity index (χ0) is 16.1. The number of amides is 1. The first kappa shape index (κ1) is 15.9. The summed E-state index contributed by atoms with van der Waals surface area (Å²) in [6.45, 7) is 8.14. The highest BCUT2D eigenvalue weighted by Gasteiger charge is 2.10. The molecule has 0 saturated carbocycles. The van der Waals surface area contributed by atoms with Crippen molar-refractivity contribution in [2.45, 2.75) is 40.2 Å². The van der Waals surface area contributed by atoms with Gasteiger partial charge in [-0.15, -0.1) is 0 Å². The highest BCUT2D eigenvalue weighted by atomic mass is 16.1. The lowest BCUT2D eigenvalue weighted by Crippen LogP contribution is -2.17. The van der Waals surface area contributed by atoms with Crippen molar-refractivity contribution in [3.63, 3.8) is 0 Å². The number of hydrogen-bond acceptors (Lipinski definition) is 4. The van der Waals surface area contributed by atoms with Gasteiger partial charge in [-0.1, -0.05) is 24.6 Å². The van der Waals surface area contributed by atoms with Gasteiger partial charge in [0.05, 0.1) is 5.56 Å². The van der Waals surface area contributed by atoms with E-state index in [-0.39, 0.29) is 5.91 Å². The fraction of sp³-hybridized carbons (Fsp3) is 0.353. The highest BCUT2D eigenvalue weighted by Crippen LogP contribution is 2.17. The van der Waals surface area contributed by atoms with Gasteiger partial charge in [0.2, 0.25) is 5.95 Å². The molecule has 22 heavy (non-hydrogen) atoms. The van der Waals surface area contributed by atoms with E-state index in [1.165, 1.54) is 18.0 Å². The molecule has 1 unspecified atom stereocenters. The molecule has 5 nitrogen and oxygen atoms in total. The lowest BCUT2D eigenvalue weighted by atomic mass is 10.1. The van der Waals surface area contributed by atoms with Crippen molar-refractivity contribution in [3.8, 4) is 0 Å².